The zero-order valence-corrected chi connectivity index (χ0v) is 15.1. The third kappa shape index (κ3) is 4.16. The van der Waals surface area contributed by atoms with Crippen molar-refractivity contribution in [2.45, 2.75) is 12.7 Å². The third-order valence-electron chi connectivity index (χ3n) is 4.69. The Balaban J connectivity index is 1.63. The minimum atomic E-state index is -4.38. The Labute approximate surface area is 159 Å². The zero-order chi connectivity index (χ0) is 20.5. The minimum absolute atomic E-state index is 0.0128. The van der Waals surface area contributed by atoms with Gasteiger partial charge in [0.1, 0.15) is 11.3 Å². The first-order chi connectivity index (χ1) is 13.2. The molecule has 1 aliphatic rings. The van der Waals surface area contributed by atoms with Gasteiger partial charge in [-0.3, -0.25) is 14.4 Å². The van der Waals surface area contributed by atoms with Crippen LogP contribution in [0.15, 0.2) is 30.5 Å². The molecule has 0 atom stereocenters. The van der Waals surface area contributed by atoms with Gasteiger partial charge in [-0.25, -0.2) is 4.79 Å². The molecule has 0 radical (unpaired) electrons. The number of carbonyl (C=O) groups excluding carboxylic acids is 1. The van der Waals surface area contributed by atoms with Gasteiger partial charge < -0.3 is 10.0 Å². The highest BCUT2D eigenvalue weighted by Crippen LogP contribution is 2.29. The predicted octanol–water partition coefficient (Wildman–Crippen LogP) is 2.10. The fourth-order valence-electron chi connectivity index (χ4n) is 3.21. The second-order valence-corrected chi connectivity index (χ2v) is 6.60. The first-order valence-corrected chi connectivity index (χ1v) is 8.60. The van der Waals surface area contributed by atoms with Crippen LogP contribution in [0.1, 0.15) is 32.0 Å². The van der Waals surface area contributed by atoms with Crippen molar-refractivity contribution < 1.29 is 27.9 Å². The van der Waals surface area contributed by atoms with Crippen LogP contribution in [0, 0.1) is 0 Å². The summed E-state index contributed by atoms with van der Waals surface area (Å²) in [6, 6.07) is 5.19. The first kappa shape index (κ1) is 19.9. The maximum absolute atomic E-state index is 12.8. The number of halogens is 3. The van der Waals surface area contributed by atoms with Crippen LogP contribution in [-0.4, -0.2) is 62.7 Å². The van der Waals surface area contributed by atoms with E-state index in [-0.39, 0.29) is 11.3 Å². The van der Waals surface area contributed by atoms with E-state index in [0.717, 1.165) is 18.3 Å². The molecule has 2 aromatic rings. The van der Waals surface area contributed by atoms with E-state index in [9.17, 15) is 27.9 Å². The second kappa shape index (κ2) is 7.63. The summed E-state index contributed by atoms with van der Waals surface area (Å²) in [6.07, 6.45) is -3.24. The zero-order valence-electron chi connectivity index (χ0n) is 15.1. The van der Waals surface area contributed by atoms with Crippen LogP contribution in [0.25, 0.3) is 0 Å². The molecule has 0 bridgehead atoms. The van der Waals surface area contributed by atoms with Gasteiger partial charge in [0.25, 0.3) is 5.91 Å². The van der Waals surface area contributed by atoms with Crippen molar-refractivity contribution in [3.05, 3.63) is 52.8 Å². The van der Waals surface area contributed by atoms with E-state index in [4.69, 9.17) is 0 Å². The maximum Gasteiger partial charge on any atom is 0.416 e. The van der Waals surface area contributed by atoms with E-state index >= 15 is 0 Å². The third-order valence-corrected chi connectivity index (χ3v) is 4.69. The summed E-state index contributed by atoms with van der Waals surface area (Å²) in [6.45, 7) is 1.99. The van der Waals surface area contributed by atoms with E-state index in [2.05, 4.69) is 5.10 Å². The molecule has 0 unspecified atom stereocenters. The molecule has 7 nitrogen and oxygen atoms in total. The van der Waals surface area contributed by atoms with Crippen molar-refractivity contribution in [2.24, 2.45) is 7.05 Å². The van der Waals surface area contributed by atoms with Gasteiger partial charge in [0.05, 0.1) is 11.8 Å². The van der Waals surface area contributed by atoms with Crippen molar-refractivity contribution in [3.8, 4) is 0 Å². The van der Waals surface area contributed by atoms with Gasteiger partial charge in [0.2, 0.25) is 0 Å². The molecule has 1 amide bonds. The molecule has 0 aliphatic carbocycles. The molecule has 3 rings (SSSR count). The molecule has 1 saturated heterocycles. The molecule has 0 spiro atoms. The molecule has 1 aliphatic heterocycles. The van der Waals surface area contributed by atoms with Crippen LogP contribution in [0.2, 0.25) is 0 Å². The lowest BCUT2D eigenvalue weighted by molar-refractivity contribution is -0.137. The number of carboxylic acids is 1. The predicted molar refractivity (Wildman–Crippen MR) is 92.8 cm³/mol. The number of aryl methyl sites for hydroxylation is 1. The molecule has 10 heteroatoms. The van der Waals surface area contributed by atoms with E-state index < -0.39 is 23.6 Å². The molecule has 2 heterocycles. The Morgan fingerprint density at radius 3 is 2.46 bits per heavy atom. The van der Waals surface area contributed by atoms with Crippen LogP contribution in [0.3, 0.4) is 0 Å². The lowest BCUT2D eigenvalue weighted by Gasteiger charge is -2.34. The number of aromatic carboxylic acids is 1. The standard InChI is InChI=1S/C18H19F3N4O3/c1-23-15(14(10-22-23)17(27)28)16(26)25-7-5-24(6-8-25)11-12-3-2-4-13(9-12)18(19,20)21/h2-4,9-10H,5-8,11H2,1H3,(H,27,28). The van der Waals surface area contributed by atoms with Crippen LogP contribution in [0.5, 0.6) is 0 Å². The number of rotatable bonds is 4. The Kier molecular flexibility index (Phi) is 5.41. The minimum Gasteiger partial charge on any atom is -0.478 e. The quantitative estimate of drug-likeness (QED) is 0.856. The average Bonchev–Trinajstić information content (AvgIpc) is 3.03. The smallest absolute Gasteiger partial charge is 0.416 e. The highest BCUT2D eigenvalue weighted by atomic mass is 19.4. The van der Waals surface area contributed by atoms with Gasteiger partial charge in [-0.1, -0.05) is 18.2 Å². The normalized spacial score (nSPS) is 15.6. The fourth-order valence-corrected chi connectivity index (χ4v) is 3.21. The van der Waals surface area contributed by atoms with Crippen LogP contribution in [0.4, 0.5) is 13.2 Å². The summed E-state index contributed by atoms with van der Waals surface area (Å²) in [4.78, 5) is 27.4. The Morgan fingerprint density at radius 1 is 1.18 bits per heavy atom. The number of aromatic nitrogens is 2. The van der Waals surface area contributed by atoms with Gasteiger partial charge in [-0.2, -0.15) is 18.3 Å². The van der Waals surface area contributed by atoms with E-state index in [1.54, 1.807) is 6.07 Å². The highest BCUT2D eigenvalue weighted by molar-refractivity contribution is 6.03. The molecule has 1 fully saturated rings. The van der Waals surface area contributed by atoms with Crippen LogP contribution >= 0.6 is 0 Å². The molecule has 1 aromatic carbocycles. The monoisotopic (exact) mass is 396 g/mol. The summed E-state index contributed by atoms with van der Waals surface area (Å²) in [7, 11) is 1.50. The highest BCUT2D eigenvalue weighted by Gasteiger charge is 2.31. The lowest BCUT2D eigenvalue weighted by atomic mass is 10.1. The topological polar surface area (TPSA) is 78.7 Å². The number of piperazine rings is 1. The number of hydrogen-bond acceptors (Lipinski definition) is 4. The molecule has 28 heavy (non-hydrogen) atoms. The number of nitrogens with zero attached hydrogens (tertiary/aromatic N) is 4. The van der Waals surface area contributed by atoms with Crippen LogP contribution < -0.4 is 0 Å². The number of carboxylic acid groups (broad SMARTS) is 1. The van der Waals surface area contributed by atoms with E-state index in [1.807, 2.05) is 4.90 Å². The Bertz CT molecular complexity index is 886. The van der Waals surface area contributed by atoms with Crippen molar-refractivity contribution in [1.29, 1.82) is 0 Å². The molecule has 150 valence electrons. The Hall–Kier alpha value is -2.88. The van der Waals surface area contributed by atoms with E-state index in [1.165, 1.54) is 22.7 Å². The van der Waals surface area contributed by atoms with Gasteiger partial charge in [-0.05, 0) is 11.6 Å². The lowest BCUT2D eigenvalue weighted by Crippen LogP contribution is -2.48. The first-order valence-electron chi connectivity index (χ1n) is 8.60. The fraction of sp³-hybridized carbons (Fsp3) is 0.389. The summed E-state index contributed by atoms with van der Waals surface area (Å²) < 4.78 is 39.7. The molecule has 1 N–H and O–H groups in total. The van der Waals surface area contributed by atoms with Gasteiger partial charge in [-0.15, -0.1) is 0 Å². The molecular weight excluding hydrogens is 377 g/mol. The average molecular weight is 396 g/mol. The summed E-state index contributed by atoms with van der Waals surface area (Å²) >= 11 is 0. The maximum atomic E-state index is 12.8. The number of hydrogen-bond donors (Lipinski definition) is 1. The number of alkyl halides is 3. The van der Waals surface area contributed by atoms with Crippen molar-refractivity contribution in [3.63, 3.8) is 0 Å². The number of carbonyl (C=O) groups is 2. The molecular formula is C18H19F3N4O3. The Morgan fingerprint density at radius 2 is 1.86 bits per heavy atom. The van der Waals surface area contributed by atoms with Gasteiger partial charge in [0.15, 0.2) is 0 Å². The van der Waals surface area contributed by atoms with E-state index in [0.29, 0.717) is 38.3 Å². The summed E-state index contributed by atoms with van der Waals surface area (Å²) in [5, 5.41) is 13.0. The van der Waals surface area contributed by atoms with Gasteiger partial charge >= 0.3 is 12.1 Å². The summed E-state index contributed by atoms with van der Waals surface area (Å²) in [5.41, 5.74) is -0.275. The molecule has 0 saturated carbocycles. The molecule has 1 aromatic heterocycles. The van der Waals surface area contributed by atoms with Crippen molar-refractivity contribution >= 4 is 11.9 Å². The number of benzene rings is 1. The summed E-state index contributed by atoms with van der Waals surface area (Å²) in [5.74, 6) is -1.64. The second-order valence-electron chi connectivity index (χ2n) is 6.60. The number of amides is 1. The SMILES string of the molecule is Cn1ncc(C(=O)O)c1C(=O)N1CCN(Cc2cccc(C(F)(F)F)c2)CC1. The van der Waals surface area contributed by atoms with Crippen LogP contribution in [-0.2, 0) is 19.8 Å². The largest absolute Gasteiger partial charge is 0.478 e. The van der Waals surface area contributed by atoms with Crippen molar-refractivity contribution in [2.75, 3.05) is 26.2 Å². The van der Waals surface area contributed by atoms with Crippen molar-refractivity contribution in [1.82, 2.24) is 19.6 Å². The van der Waals surface area contributed by atoms with Gasteiger partial charge in [0, 0.05) is 39.8 Å².